The number of benzene rings is 1. The van der Waals surface area contributed by atoms with Gasteiger partial charge in [-0.15, -0.1) is 0 Å². The first-order chi connectivity index (χ1) is 10.6. The van der Waals surface area contributed by atoms with Crippen LogP contribution in [0.1, 0.15) is 33.6 Å². The van der Waals surface area contributed by atoms with E-state index < -0.39 is 23.2 Å². The van der Waals surface area contributed by atoms with Crippen LogP contribution in [0, 0.1) is 11.7 Å². The molecule has 1 rings (SSSR count). The molecule has 0 bridgehead atoms. The number of aliphatic hydroxyl groups is 1. The normalized spacial score (nSPS) is 13.5. The molecule has 0 heterocycles. The van der Waals surface area contributed by atoms with Gasteiger partial charge in [0.05, 0.1) is 10.6 Å². The summed E-state index contributed by atoms with van der Waals surface area (Å²) >= 11 is 5.60. The van der Waals surface area contributed by atoms with Crippen LogP contribution in [0.2, 0.25) is 5.02 Å². The van der Waals surface area contributed by atoms with E-state index in [9.17, 15) is 19.1 Å². The highest BCUT2D eigenvalue weighted by Gasteiger charge is 2.23. The third kappa shape index (κ3) is 6.97. The third-order valence-electron chi connectivity index (χ3n) is 3.27. The van der Waals surface area contributed by atoms with Gasteiger partial charge in [-0.3, -0.25) is 9.59 Å². The van der Waals surface area contributed by atoms with Crippen LogP contribution in [-0.2, 0) is 9.59 Å². The molecule has 5 nitrogen and oxygen atoms in total. The monoisotopic (exact) mass is 344 g/mol. The van der Waals surface area contributed by atoms with Gasteiger partial charge in [-0.05, 0) is 43.9 Å². The maximum Gasteiger partial charge on any atom is 0.313 e. The summed E-state index contributed by atoms with van der Waals surface area (Å²) in [6.45, 7) is 5.65. The van der Waals surface area contributed by atoms with Gasteiger partial charge in [0.15, 0.2) is 0 Å². The Bertz CT molecular complexity index is 576. The molecule has 0 aliphatic heterocycles. The molecule has 2 amide bonds. The average Bonchev–Trinajstić information content (AvgIpc) is 2.46. The molecule has 0 fully saturated rings. The van der Waals surface area contributed by atoms with Gasteiger partial charge in [0.2, 0.25) is 0 Å². The van der Waals surface area contributed by atoms with E-state index in [2.05, 4.69) is 10.6 Å². The lowest BCUT2D eigenvalue weighted by Crippen LogP contribution is -2.44. The quantitative estimate of drug-likeness (QED) is 0.694. The van der Waals surface area contributed by atoms with Crippen molar-refractivity contribution < 1.29 is 19.1 Å². The smallest absolute Gasteiger partial charge is 0.313 e. The molecule has 128 valence electrons. The van der Waals surface area contributed by atoms with Gasteiger partial charge in [-0.1, -0.05) is 25.4 Å². The van der Waals surface area contributed by atoms with E-state index >= 15 is 0 Å². The molecule has 0 aromatic heterocycles. The minimum absolute atomic E-state index is 0.0316. The van der Waals surface area contributed by atoms with Crippen molar-refractivity contribution >= 4 is 29.1 Å². The highest BCUT2D eigenvalue weighted by Crippen LogP contribution is 2.19. The second kappa shape index (κ2) is 8.26. The van der Waals surface area contributed by atoms with Crippen LogP contribution in [0.25, 0.3) is 0 Å². The SMILES string of the molecule is CC(C)CCC(C)(O)CNC(=O)C(=O)Nc1ccc(F)c(Cl)c1. The summed E-state index contributed by atoms with van der Waals surface area (Å²) in [4.78, 5) is 23.5. The van der Waals surface area contributed by atoms with Crippen LogP contribution in [0.5, 0.6) is 0 Å². The zero-order valence-electron chi connectivity index (χ0n) is 13.5. The fourth-order valence-electron chi connectivity index (χ4n) is 1.80. The van der Waals surface area contributed by atoms with Gasteiger partial charge in [0.1, 0.15) is 5.82 Å². The number of anilines is 1. The van der Waals surface area contributed by atoms with Crippen molar-refractivity contribution in [1.82, 2.24) is 5.32 Å². The molecular formula is C16H22ClFN2O3. The summed E-state index contributed by atoms with van der Waals surface area (Å²) in [6, 6.07) is 3.60. The lowest BCUT2D eigenvalue weighted by molar-refractivity contribution is -0.136. The van der Waals surface area contributed by atoms with Crippen molar-refractivity contribution in [2.75, 3.05) is 11.9 Å². The lowest BCUT2D eigenvalue weighted by atomic mass is 9.95. The fourth-order valence-corrected chi connectivity index (χ4v) is 1.98. The average molecular weight is 345 g/mol. The van der Waals surface area contributed by atoms with Crippen molar-refractivity contribution in [3.05, 3.63) is 29.0 Å². The highest BCUT2D eigenvalue weighted by atomic mass is 35.5. The number of nitrogens with one attached hydrogen (secondary N) is 2. The molecule has 1 unspecified atom stereocenters. The Balaban J connectivity index is 2.50. The molecule has 3 N–H and O–H groups in total. The second-order valence-corrected chi connectivity index (χ2v) is 6.60. The summed E-state index contributed by atoms with van der Waals surface area (Å²) in [7, 11) is 0. The Kier molecular flexibility index (Phi) is 6.97. The molecule has 1 aromatic carbocycles. The third-order valence-corrected chi connectivity index (χ3v) is 3.56. The predicted molar refractivity (Wildman–Crippen MR) is 87.7 cm³/mol. The van der Waals surface area contributed by atoms with Gasteiger partial charge >= 0.3 is 11.8 Å². The van der Waals surface area contributed by atoms with Crippen molar-refractivity contribution in [2.45, 2.75) is 39.2 Å². The minimum atomic E-state index is -1.08. The number of hydrogen-bond donors (Lipinski definition) is 3. The van der Waals surface area contributed by atoms with Crippen LogP contribution in [-0.4, -0.2) is 29.1 Å². The molecule has 0 aliphatic rings. The number of amides is 2. The lowest BCUT2D eigenvalue weighted by Gasteiger charge is -2.24. The Labute approximate surface area is 140 Å². The molecule has 1 atom stereocenters. The molecule has 0 aliphatic carbocycles. The van der Waals surface area contributed by atoms with Gasteiger partial charge < -0.3 is 15.7 Å². The van der Waals surface area contributed by atoms with Crippen LogP contribution in [0.4, 0.5) is 10.1 Å². The van der Waals surface area contributed by atoms with Crippen molar-refractivity contribution in [1.29, 1.82) is 0 Å². The first-order valence-corrected chi connectivity index (χ1v) is 7.75. The van der Waals surface area contributed by atoms with E-state index in [1.165, 1.54) is 12.1 Å². The van der Waals surface area contributed by atoms with Gasteiger partial charge in [0.25, 0.3) is 0 Å². The van der Waals surface area contributed by atoms with E-state index in [0.29, 0.717) is 12.3 Å². The number of carbonyl (C=O) groups excluding carboxylic acids is 2. The van der Waals surface area contributed by atoms with E-state index in [4.69, 9.17) is 11.6 Å². The molecule has 0 spiro atoms. The van der Waals surface area contributed by atoms with Crippen molar-refractivity contribution in [3.8, 4) is 0 Å². The second-order valence-electron chi connectivity index (χ2n) is 6.20. The number of halogens is 2. The van der Waals surface area contributed by atoms with Gasteiger partial charge in [0, 0.05) is 12.2 Å². The summed E-state index contributed by atoms with van der Waals surface area (Å²) in [6.07, 6.45) is 1.32. The Morgan fingerprint density at radius 1 is 1.35 bits per heavy atom. The van der Waals surface area contributed by atoms with Gasteiger partial charge in [-0.25, -0.2) is 4.39 Å². The van der Waals surface area contributed by atoms with Crippen LogP contribution in [0.3, 0.4) is 0 Å². The Morgan fingerprint density at radius 2 is 2.00 bits per heavy atom. The van der Waals surface area contributed by atoms with E-state index in [-0.39, 0.29) is 17.3 Å². The standard InChI is InChI=1S/C16H22ClFN2O3/c1-10(2)6-7-16(3,23)9-19-14(21)15(22)20-11-4-5-13(18)12(17)8-11/h4-5,8,10,23H,6-7,9H2,1-3H3,(H,19,21)(H,20,22). The van der Waals surface area contributed by atoms with E-state index in [0.717, 1.165) is 12.5 Å². The first-order valence-electron chi connectivity index (χ1n) is 7.37. The van der Waals surface area contributed by atoms with Crippen LogP contribution >= 0.6 is 11.6 Å². The van der Waals surface area contributed by atoms with Gasteiger partial charge in [-0.2, -0.15) is 0 Å². The summed E-state index contributed by atoms with van der Waals surface area (Å²) in [5.74, 6) is -1.97. The summed E-state index contributed by atoms with van der Waals surface area (Å²) < 4.78 is 13.0. The van der Waals surface area contributed by atoms with Crippen molar-refractivity contribution in [2.24, 2.45) is 5.92 Å². The Hall–Kier alpha value is -1.66. The molecule has 23 heavy (non-hydrogen) atoms. The fraction of sp³-hybridized carbons (Fsp3) is 0.500. The topological polar surface area (TPSA) is 78.4 Å². The zero-order valence-corrected chi connectivity index (χ0v) is 14.2. The minimum Gasteiger partial charge on any atom is -0.388 e. The molecule has 0 radical (unpaired) electrons. The molecule has 0 saturated heterocycles. The van der Waals surface area contributed by atoms with E-state index in [1.807, 2.05) is 13.8 Å². The Morgan fingerprint density at radius 3 is 2.57 bits per heavy atom. The van der Waals surface area contributed by atoms with E-state index in [1.54, 1.807) is 6.92 Å². The number of hydrogen-bond acceptors (Lipinski definition) is 3. The van der Waals surface area contributed by atoms with Crippen LogP contribution < -0.4 is 10.6 Å². The summed E-state index contributed by atoms with van der Waals surface area (Å²) in [5, 5.41) is 14.7. The van der Waals surface area contributed by atoms with Crippen molar-refractivity contribution in [3.63, 3.8) is 0 Å². The van der Waals surface area contributed by atoms with Crippen LogP contribution in [0.15, 0.2) is 18.2 Å². The predicted octanol–water partition coefficient (Wildman–Crippen LogP) is 2.72. The largest absolute Gasteiger partial charge is 0.388 e. The zero-order chi connectivity index (χ0) is 17.6. The molecular weight excluding hydrogens is 323 g/mol. The molecule has 7 heteroatoms. The maximum absolute atomic E-state index is 13.0. The number of carbonyl (C=O) groups is 2. The first kappa shape index (κ1) is 19.4. The molecule has 1 aromatic rings. The summed E-state index contributed by atoms with van der Waals surface area (Å²) in [5.41, 5.74) is -0.873. The highest BCUT2D eigenvalue weighted by molar-refractivity contribution is 6.39. The molecule has 0 saturated carbocycles. The number of rotatable bonds is 6. The maximum atomic E-state index is 13.0.